The summed E-state index contributed by atoms with van der Waals surface area (Å²) >= 11 is 0. The molecule has 3 N–H and O–H groups in total. The van der Waals surface area contributed by atoms with Crippen LogP contribution in [0.25, 0.3) is 0 Å². The Bertz CT molecular complexity index is 583. The summed E-state index contributed by atoms with van der Waals surface area (Å²) in [5.41, 5.74) is 9.43. The number of aryl methyl sites for hydroxylation is 1. The van der Waals surface area contributed by atoms with Crippen molar-refractivity contribution in [2.75, 3.05) is 11.1 Å². The van der Waals surface area contributed by atoms with Gasteiger partial charge in [0.25, 0.3) is 0 Å². The van der Waals surface area contributed by atoms with Gasteiger partial charge in [0.1, 0.15) is 0 Å². The number of rotatable bonds is 3. The highest BCUT2D eigenvalue weighted by Crippen LogP contribution is 2.20. The highest BCUT2D eigenvalue weighted by Gasteiger charge is 2.01. The summed E-state index contributed by atoms with van der Waals surface area (Å²) in [4.78, 5) is 8.40. The number of hydrogen-bond donors (Lipinski definition) is 2. The number of nitrogen functional groups attached to an aromatic ring is 1. The maximum atomic E-state index is 8.83. The van der Waals surface area contributed by atoms with Crippen LogP contribution in [-0.4, -0.2) is 9.97 Å². The summed E-state index contributed by atoms with van der Waals surface area (Å²) in [6.07, 6.45) is 3.43. The lowest BCUT2D eigenvalue weighted by atomic mass is 10.2. The molecule has 0 aliphatic heterocycles. The predicted octanol–water partition coefficient (Wildman–Crippen LogP) is 1.85. The van der Waals surface area contributed by atoms with Crippen LogP contribution in [0.5, 0.6) is 0 Å². The highest BCUT2D eigenvalue weighted by atomic mass is 14.9. The topological polar surface area (TPSA) is 87.6 Å². The number of anilines is 2. The monoisotopic (exact) mass is 239 g/mol. The van der Waals surface area contributed by atoms with E-state index in [2.05, 4.69) is 21.4 Å². The molecule has 0 aliphatic carbocycles. The van der Waals surface area contributed by atoms with Crippen LogP contribution in [0.4, 0.5) is 11.4 Å². The molecule has 0 saturated heterocycles. The van der Waals surface area contributed by atoms with Crippen LogP contribution in [-0.2, 0) is 6.54 Å². The van der Waals surface area contributed by atoms with Crippen LogP contribution in [0.3, 0.4) is 0 Å². The molecule has 0 amide bonds. The number of aromatic nitrogens is 2. The second kappa shape index (κ2) is 5.15. The molecule has 5 heteroatoms. The molecule has 2 aromatic rings. The Morgan fingerprint density at radius 2 is 2.17 bits per heavy atom. The van der Waals surface area contributed by atoms with Crippen molar-refractivity contribution in [1.82, 2.24) is 9.97 Å². The highest BCUT2D eigenvalue weighted by molar-refractivity contribution is 5.68. The van der Waals surface area contributed by atoms with E-state index in [1.165, 1.54) is 0 Å². The van der Waals surface area contributed by atoms with Crippen LogP contribution in [0, 0.1) is 18.3 Å². The molecule has 0 fully saturated rings. The average Bonchev–Trinajstić information content (AvgIpc) is 2.40. The normalized spacial score (nSPS) is 9.78. The van der Waals surface area contributed by atoms with Crippen LogP contribution in [0.15, 0.2) is 30.6 Å². The predicted molar refractivity (Wildman–Crippen MR) is 69.7 cm³/mol. The molecule has 0 spiro atoms. The standard InChI is InChI=1S/C13H13N5/c1-9-6-17-11(7-16-9)8-18-13-4-10(5-14)2-3-12(13)15/h2-4,6-7,18H,8,15H2,1H3. The Morgan fingerprint density at radius 3 is 2.83 bits per heavy atom. The zero-order valence-corrected chi connectivity index (χ0v) is 10.0. The van der Waals surface area contributed by atoms with E-state index < -0.39 is 0 Å². The fourth-order valence-corrected chi connectivity index (χ4v) is 1.48. The van der Waals surface area contributed by atoms with Crippen LogP contribution in [0.1, 0.15) is 17.0 Å². The lowest BCUT2D eigenvalue weighted by Crippen LogP contribution is -2.05. The van der Waals surface area contributed by atoms with Crippen molar-refractivity contribution >= 4 is 11.4 Å². The van der Waals surface area contributed by atoms with E-state index >= 15 is 0 Å². The number of nitriles is 1. The van der Waals surface area contributed by atoms with Crippen molar-refractivity contribution in [3.05, 3.63) is 47.5 Å². The zero-order chi connectivity index (χ0) is 13.0. The van der Waals surface area contributed by atoms with Gasteiger partial charge in [0.05, 0.1) is 47.1 Å². The molecule has 0 bridgehead atoms. The van der Waals surface area contributed by atoms with Gasteiger partial charge in [-0.25, -0.2) is 0 Å². The minimum Gasteiger partial charge on any atom is -0.397 e. The van der Waals surface area contributed by atoms with Crippen molar-refractivity contribution in [3.8, 4) is 6.07 Å². The average molecular weight is 239 g/mol. The third-order valence-electron chi connectivity index (χ3n) is 2.48. The fraction of sp³-hybridized carbons (Fsp3) is 0.154. The van der Waals surface area contributed by atoms with Gasteiger partial charge in [-0.15, -0.1) is 0 Å². The zero-order valence-electron chi connectivity index (χ0n) is 10.0. The summed E-state index contributed by atoms with van der Waals surface area (Å²) < 4.78 is 0. The van der Waals surface area contributed by atoms with Crippen LogP contribution in [0.2, 0.25) is 0 Å². The molecule has 0 radical (unpaired) electrons. The molecule has 2 rings (SSSR count). The second-order valence-electron chi connectivity index (χ2n) is 3.92. The van der Waals surface area contributed by atoms with E-state index in [1.807, 2.05) is 6.92 Å². The van der Waals surface area contributed by atoms with E-state index in [1.54, 1.807) is 30.6 Å². The lowest BCUT2D eigenvalue weighted by Gasteiger charge is -2.09. The molecular weight excluding hydrogens is 226 g/mol. The number of nitrogens with zero attached hydrogens (tertiary/aromatic N) is 3. The quantitative estimate of drug-likeness (QED) is 0.798. The Morgan fingerprint density at radius 1 is 1.33 bits per heavy atom. The summed E-state index contributed by atoms with van der Waals surface area (Å²) in [6, 6.07) is 7.19. The van der Waals surface area contributed by atoms with E-state index in [0.717, 1.165) is 17.1 Å². The maximum Gasteiger partial charge on any atom is 0.0992 e. The largest absolute Gasteiger partial charge is 0.397 e. The van der Waals surface area contributed by atoms with E-state index in [-0.39, 0.29) is 0 Å². The summed E-state index contributed by atoms with van der Waals surface area (Å²) in [5.74, 6) is 0. The van der Waals surface area contributed by atoms with E-state index in [9.17, 15) is 0 Å². The Balaban J connectivity index is 2.10. The molecule has 1 aromatic heterocycles. The van der Waals surface area contributed by atoms with Gasteiger partial charge in [-0.1, -0.05) is 0 Å². The van der Waals surface area contributed by atoms with Crippen LogP contribution < -0.4 is 11.1 Å². The Labute approximate surface area is 105 Å². The molecule has 0 saturated carbocycles. The van der Waals surface area contributed by atoms with Crippen LogP contribution >= 0.6 is 0 Å². The van der Waals surface area contributed by atoms with E-state index in [0.29, 0.717) is 17.8 Å². The summed E-state index contributed by atoms with van der Waals surface area (Å²) in [5, 5.41) is 12.0. The van der Waals surface area contributed by atoms with Gasteiger partial charge >= 0.3 is 0 Å². The summed E-state index contributed by atoms with van der Waals surface area (Å²) in [6.45, 7) is 2.41. The number of nitrogens with one attached hydrogen (secondary N) is 1. The lowest BCUT2D eigenvalue weighted by molar-refractivity contribution is 0.985. The van der Waals surface area contributed by atoms with Crippen molar-refractivity contribution in [1.29, 1.82) is 5.26 Å². The molecule has 0 atom stereocenters. The molecule has 5 nitrogen and oxygen atoms in total. The van der Waals surface area contributed by atoms with Crippen molar-refractivity contribution in [2.45, 2.75) is 13.5 Å². The first-order valence-electron chi connectivity index (χ1n) is 5.50. The first kappa shape index (κ1) is 11.9. The first-order chi connectivity index (χ1) is 8.69. The van der Waals surface area contributed by atoms with Crippen molar-refractivity contribution in [3.63, 3.8) is 0 Å². The first-order valence-corrected chi connectivity index (χ1v) is 5.50. The summed E-state index contributed by atoms with van der Waals surface area (Å²) in [7, 11) is 0. The molecule has 0 unspecified atom stereocenters. The van der Waals surface area contributed by atoms with Gasteiger partial charge in [-0.3, -0.25) is 9.97 Å². The van der Waals surface area contributed by atoms with Crippen molar-refractivity contribution < 1.29 is 0 Å². The number of nitrogens with two attached hydrogens (primary N) is 1. The minimum absolute atomic E-state index is 0.520. The minimum atomic E-state index is 0.520. The number of hydrogen-bond acceptors (Lipinski definition) is 5. The van der Waals surface area contributed by atoms with Crippen molar-refractivity contribution in [2.24, 2.45) is 0 Å². The third kappa shape index (κ3) is 2.74. The molecule has 90 valence electrons. The van der Waals surface area contributed by atoms with Gasteiger partial charge in [-0.05, 0) is 25.1 Å². The van der Waals surface area contributed by atoms with Gasteiger partial charge in [0.15, 0.2) is 0 Å². The van der Waals surface area contributed by atoms with Gasteiger partial charge in [-0.2, -0.15) is 5.26 Å². The van der Waals surface area contributed by atoms with E-state index in [4.69, 9.17) is 11.0 Å². The molecule has 0 aliphatic rings. The number of benzene rings is 1. The molecule has 1 aromatic carbocycles. The SMILES string of the molecule is Cc1cnc(CNc2cc(C#N)ccc2N)cn1. The Kier molecular flexibility index (Phi) is 3.39. The smallest absolute Gasteiger partial charge is 0.0992 e. The third-order valence-corrected chi connectivity index (χ3v) is 2.48. The maximum absolute atomic E-state index is 8.83. The van der Waals surface area contributed by atoms with Gasteiger partial charge in [0, 0.05) is 6.20 Å². The molecular formula is C13H13N5. The molecule has 18 heavy (non-hydrogen) atoms. The second-order valence-corrected chi connectivity index (χ2v) is 3.92. The Hall–Kier alpha value is -2.61. The van der Waals surface area contributed by atoms with Gasteiger partial charge < -0.3 is 11.1 Å². The molecule has 1 heterocycles. The van der Waals surface area contributed by atoms with Gasteiger partial charge in [0.2, 0.25) is 0 Å². The fourth-order valence-electron chi connectivity index (χ4n) is 1.48.